The topological polar surface area (TPSA) is 33.3 Å². The Balaban J connectivity index is 2.05. The molecule has 1 unspecified atom stereocenters. The van der Waals surface area contributed by atoms with Gasteiger partial charge in [0.15, 0.2) is 0 Å². The van der Waals surface area contributed by atoms with Gasteiger partial charge in [-0.3, -0.25) is 0 Å². The molecule has 0 amide bonds. The van der Waals surface area contributed by atoms with Crippen molar-refractivity contribution in [3.05, 3.63) is 23.2 Å². The number of halogens is 1. The van der Waals surface area contributed by atoms with Crippen LogP contribution in [0.3, 0.4) is 0 Å². The van der Waals surface area contributed by atoms with E-state index in [0.29, 0.717) is 16.8 Å². The Bertz CT molecular complexity index is 337. The van der Waals surface area contributed by atoms with Crippen LogP contribution in [0.4, 0.5) is 5.69 Å². The maximum Gasteiger partial charge on any atom is 0.137 e. The van der Waals surface area contributed by atoms with E-state index in [1.54, 1.807) is 7.11 Å². The van der Waals surface area contributed by atoms with Gasteiger partial charge in [0.05, 0.1) is 12.1 Å². The summed E-state index contributed by atoms with van der Waals surface area (Å²) in [6, 6.07) is 6.28. The van der Waals surface area contributed by atoms with E-state index in [9.17, 15) is 0 Å². The van der Waals surface area contributed by atoms with Crippen LogP contribution in [0.25, 0.3) is 0 Å². The molecular formula is C11H15ClN2O. The summed E-state index contributed by atoms with van der Waals surface area (Å²) in [7, 11) is 1.62. The van der Waals surface area contributed by atoms with Gasteiger partial charge in [0.2, 0.25) is 0 Å². The van der Waals surface area contributed by atoms with Gasteiger partial charge < -0.3 is 15.4 Å². The molecule has 0 aliphatic carbocycles. The molecule has 82 valence electrons. The minimum atomic E-state index is 0.509. The lowest BCUT2D eigenvalue weighted by Gasteiger charge is -2.13. The summed E-state index contributed by atoms with van der Waals surface area (Å²) >= 11 is 6.03. The maximum atomic E-state index is 6.03. The van der Waals surface area contributed by atoms with Gasteiger partial charge in [0.1, 0.15) is 5.75 Å². The first-order valence-electron chi connectivity index (χ1n) is 5.10. The lowest BCUT2D eigenvalue weighted by molar-refractivity contribution is 0.415. The highest BCUT2D eigenvalue weighted by Crippen LogP contribution is 2.27. The molecule has 0 radical (unpaired) electrons. The average molecular weight is 227 g/mol. The Morgan fingerprint density at radius 2 is 2.40 bits per heavy atom. The number of methoxy groups -OCH3 is 1. The van der Waals surface area contributed by atoms with Crippen molar-refractivity contribution >= 4 is 17.3 Å². The molecule has 15 heavy (non-hydrogen) atoms. The van der Waals surface area contributed by atoms with Crippen molar-refractivity contribution < 1.29 is 4.74 Å². The predicted octanol–water partition coefficient (Wildman–Crippen LogP) is 2.12. The number of rotatable bonds is 3. The van der Waals surface area contributed by atoms with Crippen LogP contribution < -0.4 is 15.4 Å². The van der Waals surface area contributed by atoms with Gasteiger partial charge in [0.25, 0.3) is 0 Å². The van der Waals surface area contributed by atoms with E-state index in [1.807, 2.05) is 18.2 Å². The number of benzene rings is 1. The number of hydrogen-bond donors (Lipinski definition) is 2. The second-order valence-electron chi connectivity index (χ2n) is 3.68. The summed E-state index contributed by atoms with van der Waals surface area (Å²) in [5, 5.41) is 7.39. The molecule has 1 aromatic carbocycles. The molecule has 1 heterocycles. The van der Waals surface area contributed by atoms with Crippen LogP contribution in [0, 0.1) is 0 Å². The van der Waals surface area contributed by atoms with E-state index in [2.05, 4.69) is 10.6 Å². The van der Waals surface area contributed by atoms with Crippen LogP contribution in [0.1, 0.15) is 6.42 Å². The number of nitrogens with one attached hydrogen (secondary N) is 2. The summed E-state index contributed by atoms with van der Waals surface area (Å²) in [6.45, 7) is 2.10. The number of anilines is 1. The van der Waals surface area contributed by atoms with Crippen LogP contribution in [-0.2, 0) is 0 Å². The fourth-order valence-corrected chi connectivity index (χ4v) is 2.03. The monoisotopic (exact) mass is 226 g/mol. The minimum Gasteiger partial charge on any atom is -0.495 e. The average Bonchev–Trinajstić information content (AvgIpc) is 2.71. The summed E-state index contributed by atoms with van der Waals surface area (Å²) in [5.74, 6) is 0.715. The van der Waals surface area contributed by atoms with E-state index in [0.717, 1.165) is 25.2 Å². The lowest BCUT2D eigenvalue weighted by Crippen LogP contribution is -2.21. The van der Waals surface area contributed by atoms with Gasteiger partial charge in [0, 0.05) is 18.3 Å². The van der Waals surface area contributed by atoms with E-state index >= 15 is 0 Å². The molecule has 3 nitrogen and oxygen atoms in total. The highest BCUT2D eigenvalue weighted by molar-refractivity contribution is 6.32. The molecule has 1 atom stereocenters. The molecule has 0 aromatic heterocycles. The molecular weight excluding hydrogens is 212 g/mol. The van der Waals surface area contributed by atoms with Gasteiger partial charge in [-0.2, -0.15) is 0 Å². The number of ether oxygens (including phenoxy) is 1. The first kappa shape index (κ1) is 10.6. The van der Waals surface area contributed by atoms with Crippen molar-refractivity contribution in [2.24, 2.45) is 0 Å². The standard InChI is InChI=1S/C11H15ClN2O/c1-15-11-3-2-8(6-10(11)12)14-9-4-5-13-7-9/h2-3,6,9,13-14H,4-5,7H2,1H3. The molecule has 1 aromatic rings. The van der Waals surface area contributed by atoms with Crippen LogP contribution in [0.15, 0.2) is 18.2 Å². The van der Waals surface area contributed by atoms with Crippen molar-refractivity contribution in [3.8, 4) is 5.75 Å². The third-order valence-corrected chi connectivity index (χ3v) is 2.88. The molecule has 0 saturated carbocycles. The van der Waals surface area contributed by atoms with Crippen LogP contribution in [-0.4, -0.2) is 26.2 Å². The second-order valence-corrected chi connectivity index (χ2v) is 4.09. The molecule has 1 aliphatic heterocycles. The second kappa shape index (κ2) is 4.73. The summed E-state index contributed by atoms with van der Waals surface area (Å²) < 4.78 is 5.10. The van der Waals surface area contributed by atoms with Crippen LogP contribution in [0.5, 0.6) is 5.75 Å². The quantitative estimate of drug-likeness (QED) is 0.829. The predicted molar refractivity (Wildman–Crippen MR) is 62.9 cm³/mol. The molecule has 1 saturated heterocycles. The first-order chi connectivity index (χ1) is 7.29. The number of hydrogen-bond acceptors (Lipinski definition) is 3. The lowest BCUT2D eigenvalue weighted by atomic mass is 10.2. The fourth-order valence-electron chi connectivity index (χ4n) is 1.77. The van der Waals surface area contributed by atoms with Crippen molar-refractivity contribution in [2.75, 3.05) is 25.5 Å². The highest BCUT2D eigenvalue weighted by Gasteiger charge is 2.14. The zero-order valence-corrected chi connectivity index (χ0v) is 9.47. The third-order valence-electron chi connectivity index (χ3n) is 2.58. The molecule has 0 bridgehead atoms. The summed E-state index contributed by atoms with van der Waals surface area (Å²) in [6.07, 6.45) is 1.16. The van der Waals surface area contributed by atoms with E-state index < -0.39 is 0 Å². The Kier molecular flexibility index (Phi) is 3.34. The van der Waals surface area contributed by atoms with E-state index in [1.165, 1.54) is 0 Å². The van der Waals surface area contributed by atoms with E-state index in [4.69, 9.17) is 16.3 Å². The Morgan fingerprint density at radius 3 is 3.00 bits per heavy atom. The van der Waals surface area contributed by atoms with Gasteiger partial charge in [-0.15, -0.1) is 0 Å². The van der Waals surface area contributed by atoms with E-state index in [-0.39, 0.29) is 0 Å². The Hall–Kier alpha value is -0.930. The van der Waals surface area contributed by atoms with Gasteiger partial charge in [-0.05, 0) is 31.2 Å². The smallest absolute Gasteiger partial charge is 0.137 e. The summed E-state index contributed by atoms with van der Waals surface area (Å²) in [5.41, 5.74) is 1.05. The molecule has 4 heteroatoms. The zero-order chi connectivity index (χ0) is 10.7. The third kappa shape index (κ3) is 2.55. The SMILES string of the molecule is COc1ccc(NC2CCNC2)cc1Cl. The molecule has 1 fully saturated rings. The fraction of sp³-hybridized carbons (Fsp3) is 0.455. The zero-order valence-electron chi connectivity index (χ0n) is 8.72. The molecule has 2 N–H and O–H groups in total. The van der Waals surface area contributed by atoms with Crippen molar-refractivity contribution in [1.29, 1.82) is 0 Å². The Labute approximate surface area is 94.8 Å². The molecule has 2 rings (SSSR count). The largest absolute Gasteiger partial charge is 0.495 e. The molecule has 1 aliphatic rings. The van der Waals surface area contributed by atoms with Crippen molar-refractivity contribution in [2.45, 2.75) is 12.5 Å². The first-order valence-corrected chi connectivity index (χ1v) is 5.48. The van der Waals surface area contributed by atoms with Crippen molar-refractivity contribution in [1.82, 2.24) is 5.32 Å². The van der Waals surface area contributed by atoms with Crippen molar-refractivity contribution in [3.63, 3.8) is 0 Å². The minimum absolute atomic E-state index is 0.509. The summed E-state index contributed by atoms with van der Waals surface area (Å²) in [4.78, 5) is 0. The van der Waals surface area contributed by atoms with Crippen LogP contribution >= 0.6 is 11.6 Å². The van der Waals surface area contributed by atoms with Gasteiger partial charge in [-0.1, -0.05) is 11.6 Å². The van der Waals surface area contributed by atoms with Gasteiger partial charge >= 0.3 is 0 Å². The normalized spacial score (nSPS) is 20.3. The highest BCUT2D eigenvalue weighted by atomic mass is 35.5. The van der Waals surface area contributed by atoms with Gasteiger partial charge in [-0.25, -0.2) is 0 Å². The van der Waals surface area contributed by atoms with Crippen LogP contribution in [0.2, 0.25) is 5.02 Å². The molecule has 0 spiro atoms. The Morgan fingerprint density at radius 1 is 1.53 bits per heavy atom. The maximum absolute atomic E-state index is 6.03.